The second-order valence-electron chi connectivity index (χ2n) is 14.6. The number of aromatic nitrogens is 3. The Bertz CT molecular complexity index is 2240. The van der Waals surface area contributed by atoms with Gasteiger partial charge in [-0.3, -0.25) is 0 Å². The van der Waals surface area contributed by atoms with Gasteiger partial charge in [0.15, 0.2) is 0 Å². The van der Waals surface area contributed by atoms with E-state index in [1.54, 1.807) is 0 Å². The van der Waals surface area contributed by atoms with Gasteiger partial charge in [0.05, 0.1) is 11.3 Å². The maximum atomic E-state index is 6.50. The Morgan fingerprint density at radius 2 is 1.42 bits per heavy atom. The standard InChI is InChI=1S/C35H37N2O.C12H10N.Ir/c1-21(2)25-13-9-14-26(22(3)4)33(25)31-18-17-28-27-15-10-16-29(34(27)38-35(28)37-31)32-19-23(5)30(20-36-32)24-11-7-6-8-12-24;1-10-7-8-12(13-9-10)11-5-3-2-4-6-11;/h9-10,13-15,17-22,24H,6-8,11-12H2,1-5H3;2-5,7-9H,1H3;/q2*-1;. The Labute approximate surface area is 322 Å². The van der Waals surface area contributed by atoms with E-state index in [1.165, 1.54) is 65.5 Å². The third-order valence-electron chi connectivity index (χ3n) is 10.3. The molecule has 4 aromatic heterocycles. The van der Waals surface area contributed by atoms with Crippen LogP contribution in [0.3, 0.4) is 0 Å². The van der Waals surface area contributed by atoms with Crippen LogP contribution in [-0.2, 0) is 20.1 Å². The quantitative estimate of drug-likeness (QED) is 0.156. The first-order valence-corrected chi connectivity index (χ1v) is 18.5. The van der Waals surface area contributed by atoms with E-state index in [2.05, 4.69) is 106 Å². The van der Waals surface area contributed by atoms with Gasteiger partial charge in [-0.2, -0.15) is 0 Å². The predicted octanol–water partition coefficient (Wildman–Crippen LogP) is 13.0. The molecule has 0 bridgehead atoms. The van der Waals surface area contributed by atoms with Gasteiger partial charge in [-0.1, -0.05) is 99.9 Å². The molecule has 1 fully saturated rings. The molecule has 0 unspecified atom stereocenters. The fourth-order valence-corrected chi connectivity index (χ4v) is 7.52. The fraction of sp³-hybridized carbons (Fsp3) is 0.298. The van der Waals surface area contributed by atoms with E-state index in [0.717, 1.165) is 44.6 Å². The van der Waals surface area contributed by atoms with E-state index in [4.69, 9.17) is 14.4 Å². The summed E-state index contributed by atoms with van der Waals surface area (Å²) in [6.07, 6.45) is 10.5. The van der Waals surface area contributed by atoms with Gasteiger partial charge >= 0.3 is 0 Å². The molecule has 267 valence electrons. The minimum absolute atomic E-state index is 0. The van der Waals surface area contributed by atoms with Crippen LogP contribution < -0.4 is 0 Å². The molecule has 1 radical (unpaired) electrons. The van der Waals surface area contributed by atoms with Crippen LogP contribution in [-0.4, -0.2) is 15.0 Å². The summed E-state index contributed by atoms with van der Waals surface area (Å²) in [4.78, 5) is 14.3. The molecule has 0 amide bonds. The smallest absolute Gasteiger partial charge is 0.216 e. The Hall–Kier alpha value is -4.44. The second-order valence-corrected chi connectivity index (χ2v) is 14.6. The number of nitrogens with zero attached hydrogens (tertiary/aromatic N) is 3. The summed E-state index contributed by atoms with van der Waals surface area (Å²) in [6.45, 7) is 13.3. The van der Waals surface area contributed by atoms with Crippen molar-refractivity contribution in [1.82, 2.24) is 15.0 Å². The zero-order chi connectivity index (χ0) is 35.5. The molecule has 7 aromatic rings. The van der Waals surface area contributed by atoms with Crippen LogP contribution in [0.15, 0.2) is 102 Å². The molecule has 4 heterocycles. The molecule has 0 saturated heterocycles. The van der Waals surface area contributed by atoms with Gasteiger partial charge in [0.2, 0.25) is 5.71 Å². The van der Waals surface area contributed by atoms with Crippen molar-refractivity contribution < 1.29 is 24.5 Å². The van der Waals surface area contributed by atoms with Crippen molar-refractivity contribution >= 4 is 22.1 Å². The van der Waals surface area contributed by atoms with Crippen molar-refractivity contribution in [3.63, 3.8) is 0 Å². The van der Waals surface area contributed by atoms with E-state index in [1.807, 2.05) is 49.5 Å². The Balaban J connectivity index is 0.000000279. The topological polar surface area (TPSA) is 51.8 Å². The fourth-order valence-electron chi connectivity index (χ4n) is 7.52. The minimum Gasteiger partial charge on any atom is -0.486 e. The number of rotatable bonds is 6. The minimum atomic E-state index is 0. The number of fused-ring (bicyclic) bond motifs is 3. The van der Waals surface area contributed by atoms with Crippen molar-refractivity contribution in [1.29, 1.82) is 0 Å². The number of benzene rings is 3. The number of pyridine rings is 3. The number of furan rings is 1. The van der Waals surface area contributed by atoms with Crippen molar-refractivity contribution in [2.45, 2.75) is 91.4 Å². The van der Waals surface area contributed by atoms with E-state index in [-0.39, 0.29) is 20.1 Å². The molecular weight excluding hydrogens is 815 g/mol. The van der Waals surface area contributed by atoms with E-state index >= 15 is 0 Å². The average Bonchev–Trinajstić information content (AvgIpc) is 3.54. The van der Waals surface area contributed by atoms with Gasteiger partial charge in [-0.25, -0.2) is 4.98 Å². The van der Waals surface area contributed by atoms with Crippen molar-refractivity contribution in [3.05, 3.63) is 137 Å². The maximum absolute atomic E-state index is 6.50. The third-order valence-corrected chi connectivity index (χ3v) is 10.3. The van der Waals surface area contributed by atoms with Crippen LogP contribution >= 0.6 is 0 Å². The monoisotopic (exact) mass is 862 g/mol. The first kappa shape index (κ1) is 37.3. The maximum Gasteiger partial charge on any atom is 0.216 e. The average molecular weight is 862 g/mol. The van der Waals surface area contributed by atoms with Gasteiger partial charge in [0, 0.05) is 43.4 Å². The summed E-state index contributed by atoms with van der Waals surface area (Å²) in [5.74, 6) is 1.45. The predicted molar refractivity (Wildman–Crippen MR) is 211 cm³/mol. The van der Waals surface area contributed by atoms with Crippen LogP contribution in [0.4, 0.5) is 0 Å². The Morgan fingerprint density at radius 1 is 0.692 bits per heavy atom. The molecule has 5 heteroatoms. The van der Waals surface area contributed by atoms with Gasteiger partial charge in [-0.15, -0.1) is 54.1 Å². The van der Waals surface area contributed by atoms with Crippen molar-refractivity contribution in [2.24, 2.45) is 0 Å². The van der Waals surface area contributed by atoms with Gasteiger partial charge in [-0.05, 0) is 90.2 Å². The molecule has 0 spiro atoms. The summed E-state index contributed by atoms with van der Waals surface area (Å²) in [7, 11) is 0. The van der Waals surface area contributed by atoms with Gasteiger partial charge < -0.3 is 14.4 Å². The largest absolute Gasteiger partial charge is 0.486 e. The molecule has 4 nitrogen and oxygen atoms in total. The van der Waals surface area contributed by atoms with Crippen LogP contribution in [0.5, 0.6) is 0 Å². The summed E-state index contributed by atoms with van der Waals surface area (Å²) < 4.78 is 6.50. The normalized spacial score (nSPS) is 13.3. The number of hydrogen-bond acceptors (Lipinski definition) is 4. The first-order valence-electron chi connectivity index (χ1n) is 18.5. The molecule has 1 saturated carbocycles. The SMILES string of the molecule is Cc1cc(-c2[c-]ccc3c2oc2nc(-c4c(C(C)C)cccc4C(C)C)ccc23)ncc1C1CCCCC1.Cc1ccc(-c2[c-]cccc2)nc1.[Ir]. The third kappa shape index (κ3) is 7.82. The van der Waals surface area contributed by atoms with Crippen LogP contribution in [0.2, 0.25) is 0 Å². The summed E-state index contributed by atoms with van der Waals surface area (Å²) >= 11 is 0. The molecule has 1 aliphatic carbocycles. The summed E-state index contributed by atoms with van der Waals surface area (Å²) in [5.41, 5.74) is 14.1. The Kier molecular flexibility index (Phi) is 11.8. The molecule has 0 N–H and O–H groups in total. The zero-order valence-corrected chi connectivity index (χ0v) is 33.5. The van der Waals surface area contributed by atoms with Crippen LogP contribution in [0.1, 0.15) is 105 Å². The van der Waals surface area contributed by atoms with E-state index in [0.29, 0.717) is 23.5 Å². The second kappa shape index (κ2) is 16.5. The molecule has 3 aromatic carbocycles. The molecule has 0 atom stereocenters. The van der Waals surface area contributed by atoms with Crippen LogP contribution in [0.25, 0.3) is 55.8 Å². The Morgan fingerprint density at radius 3 is 2.08 bits per heavy atom. The number of hydrogen-bond donors (Lipinski definition) is 0. The first-order chi connectivity index (χ1) is 24.8. The molecule has 52 heavy (non-hydrogen) atoms. The molecule has 8 rings (SSSR count). The van der Waals surface area contributed by atoms with Gasteiger partial charge in [0.25, 0.3) is 0 Å². The van der Waals surface area contributed by atoms with Crippen LogP contribution in [0, 0.1) is 26.0 Å². The van der Waals surface area contributed by atoms with Crippen molar-refractivity contribution in [3.8, 4) is 33.8 Å². The van der Waals surface area contributed by atoms with E-state index in [9.17, 15) is 0 Å². The zero-order valence-electron chi connectivity index (χ0n) is 31.1. The van der Waals surface area contributed by atoms with E-state index < -0.39 is 0 Å². The molecule has 0 aliphatic heterocycles. The number of aryl methyl sites for hydroxylation is 2. The summed E-state index contributed by atoms with van der Waals surface area (Å²) in [5, 5.41) is 2.09. The van der Waals surface area contributed by atoms with Crippen molar-refractivity contribution in [2.75, 3.05) is 0 Å². The van der Waals surface area contributed by atoms with Gasteiger partial charge in [0.1, 0.15) is 0 Å². The molecular formula is C47H47IrN3O-2. The molecule has 1 aliphatic rings. The summed E-state index contributed by atoms with van der Waals surface area (Å²) in [6, 6.07) is 35.7.